The molecule has 90 valence electrons. The number of nitrogens with two attached hydrogens (primary N) is 1. The van der Waals surface area contributed by atoms with Crippen molar-refractivity contribution in [1.82, 2.24) is 5.32 Å². The van der Waals surface area contributed by atoms with E-state index in [1.807, 2.05) is 27.7 Å². The molecule has 3 atom stereocenters. The first kappa shape index (κ1) is 14.4. The molecule has 0 aromatic heterocycles. The highest BCUT2D eigenvalue weighted by Crippen LogP contribution is 2.05. The number of aliphatic hydroxyl groups is 1. The van der Waals surface area contributed by atoms with E-state index < -0.39 is 6.04 Å². The van der Waals surface area contributed by atoms with Crippen LogP contribution in [0.4, 0.5) is 0 Å². The van der Waals surface area contributed by atoms with Crippen LogP contribution in [0.15, 0.2) is 0 Å². The molecule has 0 radical (unpaired) electrons. The summed E-state index contributed by atoms with van der Waals surface area (Å²) in [6.45, 7) is 7.90. The Morgan fingerprint density at radius 2 is 1.87 bits per heavy atom. The van der Waals surface area contributed by atoms with Crippen LogP contribution in [-0.2, 0) is 4.79 Å². The van der Waals surface area contributed by atoms with Gasteiger partial charge in [-0.05, 0) is 25.2 Å². The normalized spacial score (nSPS) is 17.3. The lowest BCUT2D eigenvalue weighted by molar-refractivity contribution is -0.123. The second-order valence-corrected chi connectivity index (χ2v) is 4.69. The molecule has 2 unspecified atom stereocenters. The Bertz CT molecular complexity index is 195. The Labute approximate surface area is 92.2 Å². The van der Waals surface area contributed by atoms with Gasteiger partial charge in [0.05, 0.1) is 6.04 Å². The van der Waals surface area contributed by atoms with Crippen molar-refractivity contribution >= 4 is 5.91 Å². The minimum absolute atomic E-state index is 0.0410. The predicted molar refractivity (Wildman–Crippen MR) is 61.3 cm³/mol. The number of amides is 1. The molecule has 0 aromatic carbocycles. The van der Waals surface area contributed by atoms with Crippen molar-refractivity contribution in [1.29, 1.82) is 0 Å². The predicted octanol–water partition coefficient (Wildman–Crippen LogP) is 0.493. The summed E-state index contributed by atoms with van der Waals surface area (Å²) in [5, 5.41) is 11.7. The lowest BCUT2D eigenvalue weighted by Gasteiger charge is -2.22. The van der Waals surface area contributed by atoms with Gasteiger partial charge in [0.15, 0.2) is 0 Å². The minimum Gasteiger partial charge on any atom is -0.396 e. The Kier molecular flexibility index (Phi) is 6.52. The fourth-order valence-electron chi connectivity index (χ4n) is 1.25. The molecule has 4 heteroatoms. The second-order valence-electron chi connectivity index (χ2n) is 4.69. The van der Waals surface area contributed by atoms with Crippen LogP contribution in [0.2, 0.25) is 0 Å². The number of nitrogens with one attached hydrogen (secondary N) is 1. The van der Waals surface area contributed by atoms with Gasteiger partial charge in [0, 0.05) is 12.6 Å². The maximum atomic E-state index is 11.6. The molecule has 0 aliphatic carbocycles. The van der Waals surface area contributed by atoms with Crippen molar-refractivity contribution < 1.29 is 9.90 Å². The number of hydrogen-bond donors (Lipinski definition) is 3. The van der Waals surface area contributed by atoms with Gasteiger partial charge in [-0.3, -0.25) is 4.79 Å². The van der Waals surface area contributed by atoms with Crippen LogP contribution in [0, 0.1) is 11.8 Å². The highest BCUT2D eigenvalue weighted by atomic mass is 16.3. The summed E-state index contributed by atoms with van der Waals surface area (Å²) >= 11 is 0. The third-order valence-electron chi connectivity index (χ3n) is 2.57. The largest absolute Gasteiger partial charge is 0.396 e. The first-order valence-corrected chi connectivity index (χ1v) is 5.55. The number of aliphatic hydroxyl groups excluding tert-OH is 1. The average molecular weight is 216 g/mol. The summed E-state index contributed by atoms with van der Waals surface area (Å²) in [7, 11) is 0. The van der Waals surface area contributed by atoms with Gasteiger partial charge in [-0.15, -0.1) is 0 Å². The molecule has 0 aliphatic rings. The van der Waals surface area contributed by atoms with Gasteiger partial charge in [-0.2, -0.15) is 0 Å². The maximum Gasteiger partial charge on any atom is 0.237 e. The van der Waals surface area contributed by atoms with Gasteiger partial charge >= 0.3 is 0 Å². The van der Waals surface area contributed by atoms with E-state index in [1.165, 1.54) is 0 Å². The van der Waals surface area contributed by atoms with Crippen LogP contribution in [-0.4, -0.2) is 29.7 Å². The molecule has 0 rings (SSSR count). The van der Waals surface area contributed by atoms with Crippen molar-refractivity contribution in [3.8, 4) is 0 Å². The SMILES string of the molecule is CC(C)C[C@@H](N)C(=O)NC(C)C(C)CO. The monoisotopic (exact) mass is 216 g/mol. The van der Waals surface area contributed by atoms with Gasteiger partial charge in [0.2, 0.25) is 5.91 Å². The van der Waals surface area contributed by atoms with Gasteiger partial charge in [0.1, 0.15) is 0 Å². The third-order valence-corrected chi connectivity index (χ3v) is 2.57. The van der Waals surface area contributed by atoms with E-state index in [0.717, 1.165) is 0 Å². The number of carbonyl (C=O) groups excluding carboxylic acids is 1. The summed E-state index contributed by atoms with van der Waals surface area (Å²) in [5.74, 6) is 0.341. The fraction of sp³-hybridized carbons (Fsp3) is 0.909. The van der Waals surface area contributed by atoms with Crippen LogP contribution >= 0.6 is 0 Å². The van der Waals surface area contributed by atoms with Crippen molar-refractivity contribution in [2.24, 2.45) is 17.6 Å². The smallest absolute Gasteiger partial charge is 0.237 e. The highest BCUT2D eigenvalue weighted by molar-refractivity contribution is 5.81. The van der Waals surface area contributed by atoms with Crippen molar-refractivity contribution in [3.63, 3.8) is 0 Å². The standard InChI is InChI=1S/C11H24N2O2/c1-7(2)5-10(12)11(15)13-9(4)8(3)6-14/h7-10,14H,5-6,12H2,1-4H3,(H,13,15)/t8?,9?,10-/m1/s1. The first-order chi connectivity index (χ1) is 6.88. The lowest BCUT2D eigenvalue weighted by Crippen LogP contribution is -2.47. The molecular weight excluding hydrogens is 192 g/mol. The zero-order valence-electron chi connectivity index (χ0n) is 10.2. The molecule has 4 N–H and O–H groups in total. The number of carbonyl (C=O) groups is 1. The maximum absolute atomic E-state index is 11.6. The number of rotatable bonds is 6. The van der Waals surface area contributed by atoms with E-state index in [1.54, 1.807) is 0 Å². The topological polar surface area (TPSA) is 75.4 Å². The molecule has 0 fully saturated rings. The van der Waals surface area contributed by atoms with Gasteiger partial charge < -0.3 is 16.2 Å². The highest BCUT2D eigenvalue weighted by Gasteiger charge is 2.19. The second kappa shape index (κ2) is 6.80. The van der Waals surface area contributed by atoms with Crippen LogP contribution in [0.5, 0.6) is 0 Å². The molecule has 4 nitrogen and oxygen atoms in total. The molecule has 0 saturated heterocycles. The molecule has 0 spiro atoms. The van der Waals surface area contributed by atoms with Gasteiger partial charge in [0.25, 0.3) is 0 Å². The Morgan fingerprint density at radius 1 is 1.33 bits per heavy atom. The summed E-state index contributed by atoms with van der Waals surface area (Å²) in [6.07, 6.45) is 0.687. The fourth-order valence-corrected chi connectivity index (χ4v) is 1.25. The molecule has 0 aliphatic heterocycles. The summed E-state index contributed by atoms with van der Waals surface area (Å²) in [6, 6.07) is -0.487. The van der Waals surface area contributed by atoms with Crippen LogP contribution < -0.4 is 11.1 Å². The van der Waals surface area contributed by atoms with E-state index in [-0.39, 0.29) is 24.5 Å². The number of hydrogen-bond acceptors (Lipinski definition) is 3. The zero-order valence-corrected chi connectivity index (χ0v) is 10.2. The van der Waals surface area contributed by atoms with Crippen LogP contribution in [0.1, 0.15) is 34.1 Å². The van der Waals surface area contributed by atoms with E-state index >= 15 is 0 Å². The van der Waals surface area contributed by atoms with E-state index in [4.69, 9.17) is 10.8 Å². The zero-order chi connectivity index (χ0) is 12.0. The first-order valence-electron chi connectivity index (χ1n) is 5.55. The van der Waals surface area contributed by atoms with Crippen LogP contribution in [0.25, 0.3) is 0 Å². The molecule has 0 aromatic rings. The molecular formula is C11H24N2O2. The van der Waals surface area contributed by atoms with E-state index in [2.05, 4.69) is 5.32 Å². The summed E-state index contributed by atoms with van der Waals surface area (Å²) < 4.78 is 0. The molecule has 0 bridgehead atoms. The van der Waals surface area contributed by atoms with Crippen molar-refractivity contribution in [2.45, 2.75) is 46.2 Å². The van der Waals surface area contributed by atoms with Crippen molar-refractivity contribution in [2.75, 3.05) is 6.61 Å². The Morgan fingerprint density at radius 3 is 2.27 bits per heavy atom. The summed E-state index contributed by atoms with van der Waals surface area (Å²) in [4.78, 5) is 11.6. The van der Waals surface area contributed by atoms with Crippen molar-refractivity contribution in [3.05, 3.63) is 0 Å². The Balaban J connectivity index is 4.01. The third kappa shape index (κ3) is 5.74. The lowest BCUT2D eigenvalue weighted by atomic mass is 10.0. The van der Waals surface area contributed by atoms with Crippen LogP contribution in [0.3, 0.4) is 0 Å². The quantitative estimate of drug-likeness (QED) is 0.605. The van der Waals surface area contributed by atoms with E-state index in [0.29, 0.717) is 12.3 Å². The molecule has 1 amide bonds. The molecule has 0 saturated carbocycles. The van der Waals surface area contributed by atoms with Gasteiger partial charge in [-0.25, -0.2) is 0 Å². The Hall–Kier alpha value is -0.610. The van der Waals surface area contributed by atoms with E-state index in [9.17, 15) is 4.79 Å². The molecule has 0 heterocycles. The molecule has 15 heavy (non-hydrogen) atoms. The minimum atomic E-state index is -0.446. The van der Waals surface area contributed by atoms with Gasteiger partial charge in [-0.1, -0.05) is 20.8 Å². The average Bonchev–Trinajstić information content (AvgIpc) is 2.15. The summed E-state index contributed by atoms with van der Waals surface area (Å²) in [5.41, 5.74) is 5.73.